The van der Waals surface area contributed by atoms with Gasteiger partial charge in [0.15, 0.2) is 11.5 Å². The lowest BCUT2D eigenvalue weighted by atomic mass is 10.0. The fraction of sp³-hybridized carbons (Fsp3) is 0.500. The molecule has 0 saturated carbocycles. The second kappa shape index (κ2) is 6.86. The first-order valence-corrected chi connectivity index (χ1v) is 7.42. The molecule has 132 valence electrons. The van der Waals surface area contributed by atoms with E-state index < -0.39 is 23.8 Å². The zero-order chi connectivity index (χ0) is 17.9. The Labute approximate surface area is 140 Å². The van der Waals surface area contributed by atoms with E-state index in [1.54, 1.807) is 32.9 Å². The SMILES string of the molecule is COc1cc(NC(=O)OC(C)(C)C)c(C2COC(=O)N2)cc1OC. The first kappa shape index (κ1) is 17.7. The molecule has 0 aromatic heterocycles. The Morgan fingerprint density at radius 2 is 1.88 bits per heavy atom. The van der Waals surface area contributed by atoms with Crippen molar-refractivity contribution in [2.24, 2.45) is 0 Å². The Kier molecular flexibility index (Phi) is 5.06. The molecular formula is C16H22N2O6. The molecule has 1 fully saturated rings. The number of rotatable bonds is 4. The van der Waals surface area contributed by atoms with Crippen LogP contribution in [0.4, 0.5) is 15.3 Å². The van der Waals surface area contributed by atoms with Gasteiger partial charge in [-0.05, 0) is 26.8 Å². The van der Waals surface area contributed by atoms with Crippen LogP contribution in [-0.4, -0.2) is 38.6 Å². The summed E-state index contributed by atoms with van der Waals surface area (Å²) in [5.41, 5.74) is 0.438. The van der Waals surface area contributed by atoms with Crippen molar-refractivity contribution in [3.8, 4) is 11.5 Å². The summed E-state index contributed by atoms with van der Waals surface area (Å²) in [4.78, 5) is 23.4. The number of hydrogen-bond acceptors (Lipinski definition) is 6. The topological polar surface area (TPSA) is 95.1 Å². The maximum atomic E-state index is 12.1. The predicted octanol–water partition coefficient (Wildman–Crippen LogP) is 2.83. The largest absolute Gasteiger partial charge is 0.493 e. The summed E-state index contributed by atoms with van der Waals surface area (Å²) >= 11 is 0. The van der Waals surface area contributed by atoms with E-state index in [0.717, 1.165) is 0 Å². The van der Waals surface area contributed by atoms with E-state index in [-0.39, 0.29) is 6.61 Å². The quantitative estimate of drug-likeness (QED) is 0.876. The first-order valence-electron chi connectivity index (χ1n) is 7.42. The van der Waals surface area contributed by atoms with E-state index in [4.69, 9.17) is 18.9 Å². The van der Waals surface area contributed by atoms with Crippen molar-refractivity contribution < 1.29 is 28.5 Å². The number of alkyl carbamates (subject to hydrolysis) is 1. The molecule has 1 aromatic carbocycles. The molecule has 1 aliphatic rings. The number of nitrogens with one attached hydrogen (secondary N) is 2. The third kappa shape index (κ3) is 4.21. The number of ether oxygens (including phenoxy) is 4. The van der Waals surface area contributed by atoms with E-state index in [0.29, 0.717) is 22.7 Å². The molecule has 0 bridgehead atoms. The van der Waals surface area contributed by atoms with Gasteiger partial charge in [0.05, 0.1) is 25.9 Å². The average Bonchev–Trinajstić information content (AvgIpc) is 2.91. The number of carbonyl (C=O) groups is 2. The first-order chi connectivity index (χ1) is 11.2. The molecule has 8 heteroatoms. The Hall–Kier alpha value is -2.64. The minimum absolute atomic E-state index is 0.150. The molecule has 0 aliphatic carbocycles. The molecule has 1 saturated heterocycles. The lowest BCUT2D eigenvalue weighted by Crippen LogP contribution is -2.28. The van der Waals surface area contributed by atoms with Crippen molar-refractivity contribution >= 4 is 17.9 Å². The van der Waals surface area contributed by atoms with Gasteiger partial charge >= 0.3 is 12.2 Å². The van der Waals surface area contributed by atoms with Crippen molar-refractivity contribution in [2.45, 2.75) is 32.4 Å². The van der Waals surface area contributed by atoms with Crippen LogP contribution in [0.2, 0.25) is 0 Å². The summed E-state index contributed by atoms with van der Waals surface area (Å²) in [6.45, 7) is 5.46. The van der Waals surface area contributed by atoms with Gasteiger partial charge in [0, 0.05) is 11.6 Å². The van der Waals surface area contributed by atoms with Crippen LogP contribution in [0.1, 0.15) is 32.4 Å². The van der Waals surface area contributed by atoms with Crippen LogP contribution in [0.3, 0.4) is 0 Å². The minimum atomic E-state index is -0.633. The van der Waals surface area contributed by atoms with Gasteiger partial charge in [-0.1, -0.05) is 0 Å². The smallest absolute Gasteiger partial charge is 0.412 e. The van der Waals surface area contributed by atoms with Crippen LogP contribution in [-0.2, 0) is 9.47 Å². The predicted molar refractivity (Wildman–Crippen MR) is 86.6 cm³/mol. The summed E-state index contributed by atoms with van der Waals surface area (Å²) in [7, 11) is 3.00. The van der Waals surface area contributed by atoms with Gasteiger partial charge < -0.3 is 24.3 Å². The fourth-order valence-corrected chi connectivity index (χ4v) is 2.26. The summed E-state index contributed by atoms with van der Waals surface area (Å²) in [6, 6.07) is 2.88. The molecule has 1 aromatic rings. The summed E-state index contributed by atoms with van der Waals surface area (Å²) in [5, 5.41) is 5.35. The molecule has 0 radical (unpaired) electrons. The van der Waals surface area contributed by atoms with Crippen molar-refractivity contribution in [1.29, 1.82) is 0 Å². The molecule has 2 amide bonds. The normalized spacial score (nSPS) is 16.9. The molecule has 0 spiro atoms. The molecule has 1 heterocycles. The van der Waals surface area contributed by atoms with Crippen molar-refractivity contribution in [2.75, 3.05) is 26.1 Å². The van der Waals surface area contributed by atoms with E-state index >= 15 is 0 Å². The standard InChI is InChI=1S/C16H22N2O6/c1-16(2,3)24-15(20)17-10-7-13(22-5)12(21-4)6-9(10)11-8-23-14(19)18-11/h6-7,11H,8H2,1-5H3,(H,17,20)(H,18,19). The van der Waals surface area contributed by atoms with Crippen molar-refractivity contribution in [1.82, 2.24) is 5.32 Å². The highest BCUT2D eigenvalue weighted by Crippen LogP contribution is 2.37. The van der Waals surface area contributed by atoms with Crippen LogP contribution >= 0.6 is 0 Å². The van der Waals surface area contributed by atoms with E-state index in [2.05, 4.69) is 10.6 Å². The van der Waals surface area contributed by atoms with Crippen LogP contribution in [0.5, 0.6) is 11.5 Å². The molecule has 2 N–H and O–H groups in total. The zero-order valence-electron chi connectivity index (χ0n) is 14.4. The maximum Gasteiger partial charge on any atom is 0.412 e. The van der Waals surface area contributed by atoms with E-state index in [1.165, 1.54) is 14.2 Å². The minimum Gasteiger partial charge on any atom is -0.493 e. The summed E-state index contributed by atoms with van der Waals surface area (Å²) < 4.78 is 20.7. The molecule has 8 nitrogen and oxygen atoms in total. The lowest BCUT2D eigenvalue weighted by molar-refractivity contribution is 0.0635. The van der Waals surface area contributed by atoms with Gasteiger partial charge in [-0.25, -0.2) is 9.59 Å². The van der Waals surface area contributed by atoms with Crippen LogP contribution in [0.25, 0.3) is 0 Å². The number of carbonyl (C=O) groups excluding carboxylic acids is 2. The Morgan fingerprint density at radius 1 is 1.25 bits per heavy atom. The number of anilines is 1. The zero-order valence-corrected chi connectivity index (χ0v) is 14.4. The van der Waals surface area contributed by atoms with E-state index in [9.17, 15) is 9.59 Å². The highest BCUT2D eigenvalue weighted by molar-refractivity contribution is 5.87. The molecule has 1 aliphatic heterocycles. The number of methoxy groups -OCH3 is 2. The number of benzene rings is 1. The second-order valence-electron chi connectivity index (χ2n) is 6.22. The Balaban J connectivity index is 2.35. The van der Waals surface area contributed by atoms with Crippen molar-refractivity contribution in [3.05, 3.63) is 17.7 Å². The molecule has 1 atom stereocenters. The Bertz CT molecular complexity index is 638. The number of amides is 2. The van der Waals surface area contributed by atoms with Gasteiger partial charge in [0.25, 0.3) is 0 Å². The van der Waals surface area contributed by atoms with E-state index in [1.807, 2.05) is 0 Å². The molecule has 2 rings (SSSR count). The number of hydrogen-bond donors (Lipinski definition) is 2. The Morgan fingerprint density at radius 3 is 2.38 bits per heavy atom. The monoisotopic (exact) mass is 338 g/mol. The molecule has 1 unspecified atom stereocenters. The highest BCUT2D eigenvalue weighted by atomic mass is 16.6. The van der Waals surface area contributed by atoms with Gasteiger partial charge in [-0.3, -0.25) is 5.32 Å². The molecular weight excluding hydrogens is 316 g/mol. The average molecular weight is 338 g/mol. The summed E-state index contributed by atoms with van der Waals surface area (Å²) in [6.07, 6.45) is -1.13. The van der Waals surface area contributed by atoms with Crippen molar-refractivity contribution in [3.63, 3.8) is 0 Å². The van der Waals surface area contributed by atoms with Crippen LogP contribution < -0.4 is 20.1 Å². The fourth-order valence-electron chi connectivity index (χ4n) is 2.26. The van der Waals surface area contributed by atoms with Crippen LogP contribution in [0.15, 0.2) is 12.1 Å². The third-order valence-electron chi connectivity index (χ3n) is 3.24. The van der Waals surface area contributed by atoms with Gasteiger partial charge in [-0.2, -0.15) is 0 Å². The van der Waals surface area contributed by atoms with Gasteiger partial charge in [0.1, 0.15) is 12.2 Å². The highest BCUT2D eigenvalue weighted by Gasteiger charge is 2.28. The third-order valence-corrected chi connectivity index (χ3v) is 3.24. The summed E-state index contributed by atoms with van der Waals surface area (Å²) in [5.74, 6) is 0.918. The van der Waals surface area contributed by atoms with Gasteiger partial charge in [0.2, 0.25) is 0 Å². The molecule has 24 heavy (non-hydrogen) atoms. The van der Waals surface area contributed by atoms with Gasteiger partial charge in [-0.15, -0.1) is 0 Å². The maximum absolute atomic E-state index is 12.1. The lowest BCUT2D eigenvalue weighted by Gasteiger charge is -2.22. The second-order valence-corrected chi connectivity index (χ2v) is 6.22. The number of cyclic esters (lactones) is 1. The van der Waals surface area contributed by atoms with Crippen LogP contribution in [0, 0.1) is 0 Å².